The number of methoxy groups -OCH3 is 1. The van der Waals surface area contributed by atoms with Gasteiger partial charge in [-0.1, -0.05) is 28.1 Å². The molecule has 17 nitrogen and oxygen atoms in total. The van der Waals surface area contributed by atoms with E-state index in [2.05, 4.69) is 20.7 Å². The summed E-state index contributed by atoms with van der Waals surface area (Å²) in [6, 6.07) is 8.96. The zero-order chi connectivity index (χ0) is 44.1. The lowest BCUT2D eigenvalue weighted by molar-refractivity contribution is -0.385. The Morgan fingerprint density at radius 1 is 0.797 bits per heavy atom. The fraction of sp³-hybridized carbons (Fsp3) is 0.610. The number of likely N-dealkylation sites (tertiary alicyclic amines) is 2. The van der Waals surface area contributed by atoms with E-state index in [4.69, 9.17) is 15.2 Å². The molecule has 326 valence electrons. The van der Waals surface area contributed by atoms with Gasteiger partial charge in [0.15, 0.2) is 0 Å². The first-order valence-corrected chi connectivity index (χ1v) is 20.9. The van der Waals surface area contributed by atoms with Crippen molar-refractivity contribution in [3.63, 3.8) is 0 Å². The van der Waals surface area contributed by atoms with Crippen molar-refractivity contribution in [2.45, 2.75) is 103 Å². The first-order valence-electron chi connectivity index (χ1n) is 19.8. The molecule has 0 radical (unpaired) electrons. The first-order chi connectivity index (χ1) is 27.7. The van der Waals surface area contributed by atoms with Gasteiger partial charge in [0.05, 0.1) is 45.8 Å². The smallest absolute Gasteiger partial charge is 0.410 e. The molecule has 2 fully saturated rings. The number of esters is 1. The monoisotopic (exact) mass is 890 g/mol. The van der Waals surface area contributed by atoms with E-state index in [0.717, 1.165) is 58.2 Å². The van der Waals surface area contributed by atoms with Crippen LogP contribution in [0.5, 0.6) is 0 Å². The molecule has 3 aliphatic heterocycles. The predicted molar refractivity (Wildman–Crippen MR) is 224 cm³/mol. The SMILES string of the molecule is CC(C)(C)OC(=O)N1CCC(CCN)CC1.CC(C)(C)OC(=O)N1CCC(CCN2Cc3c(cccc3[N+](=O)[O-])C2=O)CC1.COC(=O)c1cccc([N+](=O)[O-])c1CBr. The van der Waals surface area contributed by atoms with Crippen molar-refractivity contribution in [1.82, 2.24) is 14.7 Å². The molecule has 3 heterocycles. The number of carbonyl (C=O) groups is 4. The Morgan fingerprint density at radius 3 is 1.71 bits per heavy atom. The molecule has 5 rings (SSSR count). The van der Waals surface area contributed by atoms with E-state index in [1.807, 2.05) is 41.5 Å². The second kappa shape index (κ2) is 22.0. The molecular weight excluding hydrogens is 832 g/mol. The van der Waals surface area contributed by atoms with E-state index in [1.54, 1.807) is 26.8 Å². The van der Waals surface area contributed by atoms with Crippen LogP contribution in [0.1, 0.15) is 112 Å². The van der Waals surface area contributed by atoms with E-state index in [9.17, 15) is 39.4 Å². The zero-order valence-electron chi connectivity index (χ0n) is 35.2. The van der Waals surface area contributed by atoms with Gasteiger partial charge in [0.1, 0.15) is 11.2 Å². The van der Waals surface area contributed by atoms with Crippen LogP contribution < -0.4 is 5.73 Å². The Balaban J connectivity index is 0.000000256. The summed E-state index contributed by atoms with van der Waals surface area (Å²) < 4.78 is 15.3. The number of hydrogen-bond acceptors (Lipinski definition) is 12. The van der Waals surface area contributed by atoms with Gasteiger partial charge in [-0.3, -0.25) is 25.0 Å². The van der Waals surface area contributed by atoms with Gasteiger partial charge in [-0.15, -0.1) is 0 Å². The van der Waals surface area contributed by atoms with Gasteiger partial charge in [0, 0.05) is 50.2 Å². The van der Waals surface area contributed by atoms with Crippen LogP contribution in [0.3, 0.4) is 0 Å². The fourth-order valence-corrected chi connectivity index (χ4v) is 7.54. The van der Waals surface area contributed by atoms with Crippen LogP contribution in [0.4, 0.5) is 21.0 Å². The number of piperidine rings is 2. The van der Waals surface area contributed by atoms with Crippen LogP contribution in [0.15, 0.2) is 36.4 Å². The lowest BCUT2D eigenvalue weighted by Crippen LogP contribution is -2.42. The highest BCUT2D eigenvalue weighted by Crippen LogP contribution is 2.32. The van der Waals surface area contributed by atoms with Gasteiger partial charge in [-0.2, -0.15) is 0 Å². The Morgan fingerprint density at radius 2 is 1.27 bits per heavy atom. The summed E-state index contributed by atoms with van der Waals surface area (Å²) in [6.07, 6.45) is 5.29. The average Bonchev–Trinajstić information content (AvgIpc) is 3.50. The Kier molecular flexibility index (Phi) is 18.1. The van der Waals surface area contributed by atoms with Gasteiger partial charge in [-0.05, 0) is 111 Å². The number of nitro groups is 2. The highest BCUT2D eigenvalue weighted by molar-refractivity contribution is 9.08. The van der Waals surface area contributed by atoms with Crippen molar-refractivity contribution >= 4 is 51.4 Å². The molecule has 2 aromatic rings. The Hall–Kier alpha value is -4.84. The fourth-order valence-electron chi connectivity index (χ4n) is 6.95. The number of fused-ring (bicyclic) bond motifs is 1. The van der Waals surface area contributed by atoms with Crippen LogP contribution >= 0.6 is 15.9 Å². The summed E-state index contributed by atoms with van der Waals surface area (Å²) in [5.41, 5.74) is 6.05. The molecule has 0 aromatic heterocycles. The highest BCUT2D eigenvalue weighted by Gasteiger charge is 2.34. The third-order valence-corrected chi connectivity index (χ3v) is 10.6. The minimum Gasteiger partial charge on any atom is -0.465 e. The van der Waals surface area contributed by atoms with Crippen molar-refractivity contribution in [3.8, 4) is 0 Å². The van der Waals surface area contributed by atoms with E-state index < -0.39 is 27.0 Å². The number of amides is 3. The van der Waals surface area contributed by atoms with Crippen LogP contribution in [0.2, 0.25) is 0 Å². The largest absolute Gasteiger partial charge is 0.465 e. The summed E-state index contributed by atoms with van der Waals surface area (Å²) >= 11 is 3.11. The van der Waals surface area contributed by atoms with Crippen molar-refractivity contribution in [2.24, 2.45) is 17.6 Å². The molecule has 0 aliphatic carbocycles. The van der Waals surface area contributed by atoms with Crippen LogP contribution in [-0.2, 0) is 26.1 Å². The number of halogens is 1. The number of carbonyl (C=O) groups excluding carboxylic acids is 4. The normalized spacial score (nSPS) is 15.9. The van der Waals surface area contributed by atoms with Crippen molar-refractivity contribution < 1.29 is 43.2 Å². The van der Waals surface area contributed by atoms with E-state index >= 15 is 0 Å². The lowest BCUT2D eigenvalue weighted by Gasteiger charge is -2.34. The van der Waals surface area contributed by atoms with Gasteiger partial charge in [-0.25, -0.2) is 14.4 Å². The zero-order valence-corrected chi connectivity index (χ0v) is 36.8. The summed E-state index contributed by atoms with van der Waals surface area (Å²) in [6.45, 7) is 15.8. The van der Waals surface area contributed by atoms with Crippen molar-refractivity contribution in [3.05, 3.63) is 78.9 Å². The molecule has 3 amide bonds. The van der Waals surface area contributed by atoms with Gasteiger partial charge in [0.2, 0.25) is 0 Å². The third-order valence-electron chi connectivity index (χ3n) is 10.0. The van der Waals surface area contributed by atoms with Crippen molar-refractivity contribution in [2.75, 3.05) is 46.4 Å². The minimum absolute atomic E-state index is 0.0130. The van der Waals surface area contributed by atoms with E-state index in [1.165, 1.54) is 31.4 Å². The Bertz CT molecular complexity index is 1800. The molecule has 0 saturated carbocycles. The second-order valence-corrected chi connectivity index (χ2v) is 17.2. The van der Waals surface area contributed by atoms with Gasteiger partial charge < -0.3 is 34.6 Å². The van der Waals surface area contributed by atoms with Crippen LogP contribution in [-0.4, -0.2) is 106 Å². The maximum absolute atomic E-state index is 12.6. The molecule has 0 unspecified atom stereocenters. The number of rotatable bonds is 9. The van der Waals surface area contributed by atoms with E-state index in [0.29, 0.717) is 54.7 Å². The number of benzene rings is 2. The third kappa shape index (κ3) is 14.7. The molecule has 0 atom stereocenters. The quantitative estimate of drug-likeness (QED) is 0.0837. The number of nitrogens with zero attached hydrogens (tertiary/aromatic N) is 5. The first kappa shape index (κ1) is 48.5. The summed E-state index contributed by atoms with van der Waals surface area (Å²) in [5.74, 6) is 0.395. The number of alkyl halides is 1. The number of hydrogen-bond donors (Lipinski definition) is 1. The van der Waals surface area contributed by atoms with Crippen LogP contribution in [0, 0.1) is 32.1 Å². The van der Waals surface area contributed by atoms with E-state index in [-0.39, 0.29) is 40.4 Å². The Labute approximate surface area is 354 Å². The number of nitrogens with two attached hydrogens (primary N) is 1. The summed E-state index contributed by atoms with van der Waals surface area (Å²) in [4.78, 5) is 73.9. The molecule has 18 heteroatoms. The summed E-state index contributed by atoms with van der Waals surface area (Å²) in [5, 5.41) is 22.1. The van der Waals surface area contributed by atoms with Crippen LogP contribution in [0.25, 0.3) is 0 Å². The number of nitro benzene ring substituents is 2. The number of ether oxygens (including phenoxy) is 3. The maximum atomic E-state index is 12.6. The molecule has 0 spiro atoms. The highest BCUT2D eigenvalue weighted by atomic mass is 79.9. The molecular formula is C41H59BrN6O11. The minimum atomic E-state index is -0.576. The molecule has 59 heavy (non-hydrogen) atoms. The van der Waals surface area contributed by atoms with Gasteiger partial charge >= 0.3 is 18.2 Å². The lowest BCUT2D eigenvalue weighted by atomic mass is 9.93. The molecule has 2 saturated heterocycles. The standard InChI is InChI=1S/C20H27N3O5.C12H24N2O2.C9H8BrNO4/c1-20(2,3)28-19(25)21-10-7-14(8-11-21)9-12-22-13-16-15(18(22)24)5-4-6-17(16)23(26)27;1-12(2,3)16-11(15)14-8-5-10(4-7-13)6-9-14;1-15-9(12)6-3-2-4-8(11(13)14)7(6)5-10/h4-6,14H,7-13H2,1-3H3;10H,4-9,13H2,1-3H3;2-4H,5H2,1H3. The molecule has 2 aromatic carbocycles. The summed E-state index contributed by atoms with van der Waals surface area (Å²) in [7, 11) is 1.24. The second-order valence-electron chi connectivity index (χ2n) is 16.7. The molecule has 0 bridgehead atoms. The predicted octanol–water partition coefficient (Wildman–Crippen LogP) is 7.85. The molecule has 3 aliphatic rings. The average molecular weight is 892 g/mol. The maximum Gasteiger partial charge on any atom is 0.410 e. The molecule has 2 N–H and O–H groups in total. The topological polar surface area (TPSA) is 218 Å². The van der Waals surface area contributed by atoms with Crippen molar-refractivity contribution in [1.29, 1.82) is 0 Å². The van der Waals surface area contributed by atoms with Gasteiger partial charge in [0.25, 0.3) is 17.3 Å².